The summed E-state index contributed by atoms with van der Waals surface area (Å²) >= 11 is 6.13. The molecule has 0 unspecified atom stereocenters. The van der Waals surface area contributed by atoms with Crippen molar-refractivity contribution in [1.29, 1.82) is 0 Å². The van der Waals surface area contributed by atoms with Gasteiger partial charge in [0.25, 0.3) is 0 Å². The zero-order valence-corrected chi connectivity index (χ0v) is 19.8. The molecule has 1 heterocycles. The van der Waals surface area contributed by atoms with Crippen LogP contribution in [0.15, 0.2) is 84.9 Å². The van der Waals surface area contributed by atoms with Crippen LogP contribution in [0.3, 0.4) is 0 Å². The Bertz CT molecular complexity index is 1240. The Morgan fingerprint density at radius 3 is 1.97 bits per heavy atom. The molecule has 32 heavy (non-hydrogen) atoms. The third-order valence-corrected chi connectivity index (χ3v) is 5.98. The lowest BCUT2D eigenvalue weighted by Gasteiger charge is -2.11. The van der Waals surface area contributed by atoms with Gasteiger partial charge in [0.2, 0.25) is 11.4 Å². The summed E-state index contributed by atoms with van der Waals surface area (Å²) in [5.41, 5.74) is 9.42. The van der Waals surface area contributed by atoms with Crippen molar-refractivity contribution in [2.75, 3.05) is 19.0 Å². The number of pyridine rings is 1. The Hall–Kier alpha value is -3.36. The minimum Gasteiger partial charge on any atom is -0.378 e. The predicted octanol–water partition coefficient (Wildman–Crippen LogP) is 7.04. The number of hydrogen-bond donors (Lipinski definition) is 0. The Morgan fingerprint density at radius 1 is 0.719 bits per heavy atom. The molecule has 1 aromatic heterocycles. The van der Waals surface area contributed by atoms with Crippen LogP contribution in [0.5, 0.6) is 0 Å². The van der Waals surface area contributed by atoms with Crippen LogP contribution in [0, 0.1) is 6.92 Å². The van der Waals surface area contributed by atoms with Crippen molar-refractivity contribution in [2.24, 2.45) is 7.05 Å². The van der Waals surface area contributed by atoms with Crippen LogP contribution in [-0.2, 0) is 7.05 Å². The fourth-order valence-electron chi connectivity index (χ4n) is 3.72. The van der Waals surface area contributed by atoms with Gasteiger partial charge in [-0.05, 0) is 66.1 Å². The summed E-state index contributed by atoms with van der Waals surface area (Å²) in [5, 5.41) is 0.746. The molecule has 0 spiro atoms. The van der Waals surface area contributed by atoms with Gasteiger partial charge in [0.1, 0.15) is 7.05 Å². The average Bonchev–Trinajstić information content (AvgIpc) is 2.80. The maximum atomic E-state index is 6.13. The molecule has 2 nitrogen and oxygen atoms in total. The Labute approximate surface area is 196 Å². The molecule has 0 aliphatic carbocycles. The minimum absolute atomic E-state index is 0.746. The van der Waals surface area contributed by atoms with Crippen molar-refractivity contribution in [3.8, 4) is 22.4 Å². The monoisotopic (exact) mass is 439 g/mol. The quantitative estimate of drug-likeness (QED) is 0.302. The molecule has 3 heteroatoms. The van der Waals surface area contributed by atoms with Crippen molar-refractivity contribution < 1.29 is 4.57 Å². The van der Waals surface area contributed by atoms with E-state index in [2.05, 4.69) is 122 Å². The number of anilines is 1. The smallest absolute Gasteiger partial charge is 0.213 e. The second kappa shape index (κ2) is 9.42. The second-order valence-corrected chi connectivity index (χ2v) is 8.74. The summed E-state index contributed by atoms with van der Waals surface area (Å²) in [6.45, 7) is 2.11. The maximum absolute atomic E-state index is 6.13. The lowest BCUT2D eigenvalue weighted by Crippen LogP contribution is -2.34. The largest absolute Gasteiger partial charge is 0.378 e. The van der Waals surface area contributed by atoms with Crippen LogP contribution < -0.4 is 9.47 Å². The SMILES string of the molecule is Cc1ccc(-c2cc(-c3ccc(Cl)cc3)cc(/C=C/c3ccc(N(C)C)cc3)[n+]2C)cc1. The first kappa shape index (κ1) is 21.9. The lowest BCUT2D eigenvalue weighted by molar-refractivity contribution is -0.662. The first-order valence-electron chi connectivity index (χ1n) is 10.7. The van der Waals surface area contributed by atoms with E-state index in [1.807, 2.05) is 12.1 Å². The molecule has 0 bridgehead atoms. The van der Waals surface area contributed by atoms with Gasteiger partial charge in [-0.25, -0.2) is 0 Å². The van der Waals surface area contributed by atoms with Crippen LogP contribution >= 0.6 is 11.6 Å². The fourth-order valence-corrected chi connectivity index (χ4v) is 3.84. The maximum Gasteiger partial charge on any atom is 0.213 e. The van der Waals surface area contributed by atoms with E-state index in [-0.39, 0.29) is 0 Å². The molecule has 3 aromatic carbocycles. The molecule has 4 aromatic rings. The van der Waals surface area contributed by atoms with Crippen LogP contribution in [0.2, 0.25) is 5.02 Å². The van der Waals surface area contributed by atoms with Crippen LogP contribution in [0.25, 0.3) is 34.5 Å². The van der Waals surface area contributed by atoms with Crippen LogP contribution in [0.1, 0.15) is 16.8 Å². The topological polar surface area (TPSA) is 7.12 Å². The molecule has 0 aliphatic rings. The van der Waals surface area contributed by atoms with Crippen LogP contribution in [0.4, 0.5) is 5.69 Å². The highest BCUT2D eigenvalue weighted by Crippen LogP contribution is 2.27. The molecule has 0 N–H and O–H groups in total. The molecule has 0 atom stereocenters. The third-order valence-electron chi connectivity index (χ3n) is 5.73. The number of hydrogen-bond acceptors (Lipinski definition) is 1. The Morgan fingerprint density at radius 2 is 1.34 bits per heavy atom. The molecule has 0 aliphatic heterocycles. The highest BCUT2D eigenvalue weighted by molar-refractivity contribution is 6.30. The van der Waals surface area contributed by atoms with Gasteiger partial charge in [-0.1, -0.05) is 53.6 Å². The number of aryl methyl sites for hydroxylation is 1. The van der Waals surface area contributed by atoms with Gasteiger partial charge >= 0.3 is 0 Å². The zero-order valence-electron chi connectivity index (χ0n) is 19.0. The number of aromatic nitrogens is 1. The molecule has 160 valence electrons. The van der Waals surface area contributed by atoms with E-state index < -0.39 is 0 Å². The summed E-state index contributed by atoms with van der Waals surface area (Å²) in [4.78, 5) is 2.11. The van der Waals surface area contributed by atoms with E-state index in [0.29, 0.717) is 0 Å². The lowest BCUT2D eigenvalue weighted by atomic mass is 10.0. The van der Waals surface area contributed by atoms with Crippen molar-refractivity contribution in [3.63, 3.8) is 0 Å². The van der Waals surface area contributed by atoms with E-state index in [4.69, 9.17) is 11.6 Å². The Balaban J connectivity index is 1.79. The molecule has 0 amide bonds. The first-order valence-corrected chi connectivity index (χ1v) is 11.1. The van der Waals surface area contributed by atoms with Crippen LogP contribution in [-0.4, -0.2) is 14.1 Å². The van der Waals surface area contributed by atoms with Gasteiger partial charge < -0.3 is 4.90 Å². The molecule has 4 rings (SSSR count). The molecular weight excluding hydrogens is 412 g/mol. The summed E-state index contributed by atoms with van der Waals surface area (Å²) in [7, 11) is 6.23. The number of rotatable bonds is 5. The number of halogens is 1. The summed E-state index contributed by atoms with van der Waals surface area (Å²) in [6, 6.07) is 29.8. The van der Waals surface area contributed by atoms with Crippen molar-refractivity contribution in [2.45, 2.75) is 6.92 Å². The number of nitrogens with zero attached hydrogens (tertiary/aromatic N) is 2. The van der Waals surface area contributed by atoms with Gasteiger partial charge in [-0.2, -0.15) is 4.57 Å². The predicted molar refractivity (Wildman–Crippen MR) is 138 cm³/mol. The number of benzene rings is 3. The molecule has 0 radical (unpaired) electrons. The summed E-state index contributed by atoms with van der Waals surface area (Å²) in [6.07, 6.45) is 4.35. The van der Waals surface area contributed by atoms with Gasteiger partial charge in [-0.3, -0.25) is 0 Å². The normalized spacial score (nSPS) is 11.2. The van der Waals surface area contributed by atoms with Crippen molar-refractivity contribution in [3.05, 3.63) is 107 Å². The van der Waals surface area contributed by atoms with Gasteiger partial charge in [-0.15, -0.1) is 0 Å². The highest BCUT2D eigenvalue weighted by atomic mass is 35.5. The van der Waals surface area contributed by atoms with Crippen molar-refractivity contribution >= 4 is 29.4 Å². The summed E-state index contributed by atoms with van der Waals surface area (Å²) in [5.74, 6) is 0. The molecule has 0 fully saturated rings. The second-order valence-electron chi connectivity index (χ2n) is 8.31. The first-order chi connectivity index (χ1) is 15.4. The minimum atomic E-state index is 0.746. The molecule has 0 saturated carbocycles. The van der Waals surface area contributed by atoms with E-state index in [1.165, 1.54) is 28.1 Å². The van der Waals surface area contributed by atoms with E-state index in [1.54, 1.807) is 0 Å². The fraction of sp³-hybridized carbons (Fsp3) is 0.138. The van der Waals surface area contributed by atoms with E-state index in [9.17, 15) is 0 Å². The Kier molecular flexibility index (Phi) is 6.43. The standard InChI is InChI=1S/C29H28ClN2/c1-21-5-10-24(11-6-21)29-20-25(23-12-14-26(30)15-13-23)19-28(32(29)4)18-9-22-7-16-27(17-8-22)31(2)3/h5-20H,1-4H3/q+1. The summed E-state index contributed by atoms with van der Waals surface area (Å²) < 4.78 is 2.24. The molecule has 0 saturated heterocycles. The molecular formula is C29H28ClN2+. The third kappa shape index (κ3) is 4.92. The highest BCUT2D eigenvalue weighted by Gasteiger charge is 2.16. The van der Waals surface area contributed by atoms with Gasteiger partial charge in [0.05, 0.1) is 0 Å². The zero-order chi connectivity index (χ0) is 22.7. The van der Waals surface area contributed by atoms with E-state index >= 15 is 0 Å². The van der Waals surface area contributed by atoms with Gasteiger partial charge in [0.15, 0.2) is 0 Å². The average molecular weight is 440 g/mol. The van der Waals surface area contributed by atoms with Crippen molar-refractivity contribution in [1.82, 2.24) is 0 Å². The van der Waals surface area contributed by atoms with Gasteiger partial charge in [0, 0.05) is 48.6 Å². The van der Waals surface area contributed by atoms with E-state index in [0.717, 1.165) is 21.8 Å².